The van der Waals surface area contributed by atoms with Crippen molar-refractivity contribution in [3.8, 4) is 0 Å². The summed E-state index contributed by atoms with van der Waals surface area (Å²) in [6.07, 6.45) is 5.34. The van der Waals surface area contributed by atoms with Crippen molar-refractivity contribution in [1.29, 1.82) is 0 Å². The van der Waals surface area contributed by atoms with Gasteiger partial charge in [-0.05, 0) is 24.1 Å². The van der Waals surface area contributed by atoms with E-state index in [1.165, 1.54) is 5.56 Å². The molecule has 1 N–H and O–H groups in total. The van der Waals surface area contributed by atoms with Crippen LogP contribution in [0.15, 0.2) is 24.5 Å². The number of rotatable bonds is 5. The van der Waals surface area contributed by atoms with Gasteiger partial charge in [0.15, 0.2) is 0 Å². The number of hydrogen-bond acceptors (Lipinski definition) is 4. The van der Waals surface area contributed by atoms with E-state index in [9.17, 15) is 0 Å². The fraction of sp³-hybridized carbons (Fsp3) is 0.286. The van der Waals surface area contributed by atoms with Crippen LogP contribution in [0.25, 0.3) is 11.0 Å². The molecule has 0 aliphatic rings. The molecule has 0 aliphatic heterocycles. The van der Waals surface area contributed by atoms with Crippen molar-refractivity contribution < 1.29 is 0 Å². The maximum absolute atomic E-state index is 6.27. The molecule has 21 heavy (non-hydrogen) atoms. The normalized spacial score (nSPS) is 11.2. The lowest BCUT2D eigenvalue weighted by Crippen LogP contribution is -2.00. The molecule has 0 spiro atoms. The number of fused-ring (bicyclic) bond motifs is 1. The first-order valence-corrected chi connectivity index (χ1v) is 8.16. The average molecular weight is 341 g/mol. The second kappa shape index (κ2) is 6.22. The summed E-state index contributed by atoms with van der Waals surface area (Å²) >= 11 is 13.5. The van der Waals surface area contributed by atoms with E-state index in [1.807, 2.05) is 0 Å². The van der Waals surface area contributed by atoms with Gasteiger partial charge in [-0.2, -0.15) is 8.75 Å². The minimum atomic E-state index is 0.531. The standard InChI is InChI=1S/C14H14Cl2N4S/c1-2-4-20-5-3-9(8-20)7-17-12-10(15)6-11(16)13-14(12)19-21-18-13/h3,5-6,8,17H,2,4,7H2,1H3. The van der Waals surface area contributed by atoms with Crippen LogP contribution in [0.4, 0.5) is 5.69 Å². The minimum Gasteiger partial charge on any atom is -0.378 e. The molecule has 2 heterocycles. The van der Waals surface area contributed by atoms with Crippen LogP contribution >= 0.6 is 34.9 Å². The Balaban J connectivity index is 1.83. The zero-order valence-electron chi connectivity index (χ0n) is 11.4. The molecule has 0 fully saturated rings. The highest BCUT2D eigenvalue weighted by Gasteiger charge is 2.13. The highest BCUT2D eigenvalue weighted by Crippen LogP contribution is 2.35. The topological polar surface area (TPSA) is 42.7 Å². The Morgan fingerprint density at radius 1 is 1.24 bits per heavy atom. The molecule has 4 nitrogen and oxygen atoms in total. The SMILES string of the molecule is CCCn1ccc(CNc2c(Cl)cc(Cl)c3nsnc23)c1. The van der Waals surface area contributed by atoms with Crippen molar-refractivity contribution >= 4 is 51.7 Å². The van der Waals surface area contributed by atoms with Gasteiger partial charge < -0.3 is 9.88 Å². The summed E-state index contributed by atoms with van der Waals surface area (Å²) in [5.41, 5.74) is 3.40. The highest BCUT2D eigenvalue weighted by atomic mass is 35.5. The Morgan fingerprint density at radius 3 is 2.86 bits per heavy atom. The second-order valence-electron chi connectivity index (χ2n) is 4.79. The molecular formula is C14H14Cl2N4S. The van der Waals surface area contributed by atoms with Crippen molar-refractivity contribution in [1.82, 2.24) is 13.3 Å². The Labute approximate surface area is 137 Å². The predicted molar refractivity (Wildman–Crippen MR) is 89.5 cm³/mol. The van der Waals surface area contributed by atoms with Crippen LogP contribution < -0.4 is 5.32 Å². The number of halogens is 2. The summed E-state index contributed by atoms with van der Waals surface area (Å²) in [6.45, 7) is 3.88. The minimum absolute atomic E-state index is 0.531. The van der Waals surface area contributed by atoms with Crippen molar-refractivity contribution in [2.45, 2.75) is 26.4 Å². The lowest BCUT2D eigenvalue weighted by molar-refractivity contribution is 0.682. The summed E-state index contributed by atoms with van der Waals surface area (Å²) in [5.74, 6) is 0. The van der Waals surface area contributed by atoms with E-state index in [1.54, 1.807) is 6.07 Å². The number of hydrogen-bond donors (Lipinski definition) is 1. The smallest absolute Gasteiger partial charge is 0.130 e. The summed E-state index contributed by atoms with van der Waals surface area (Å²) in [7, 11) is 0. The van der Waals surface area contributed by atoms with E-state index in [4.69, 9.17) is 23.2 Å². The maximum atomic E-state index is 6.27. The van der Waals surface area contributed by atoms with Crippen LogP contribution in [-0.2, 0) is 13.1 Å². The number of anilines is 1. The van der Waals surface area contributed by atoms with Gasteiger partial charge in [0, 0.05) is 25.5 Å². The summed E-state index contributed by atoms with van der Waals surface area (Å²) in [5, 5.41) is 4.44. The number of nitrogens with zero attached hydrogens (tertiary/aromatic N) is 3. The molecule has 0 saturated carbocycles. The third-order valence-corrected chi connectivity index (χ3v) is 4.32. The quantitative estimate of drug-likeness (QED) is 0.723. The molecule has 7 heteroatoms. The molecule has 1 aromatic carbocycles. The lowest BCUT2D eigenvalue weighted by atomic mass is 10.2. The van der Waals surface area contributed by atoms with E-state index in [2.05, 4.69) is 44.0 Å². The van der Waals surface area contributed by atoms with Gasteiger partial charge in [-0.3, -0.25) is 0 Å². The number of aromatic nitrogens is 3. The monoisotopic (exact) mass is 340 g/mol. The molecule has 0 radical (unpaired) electrons. The largest absolute Gasteiger partial charge is 0.378 e. The molecule has 0 aliphatic carbocycles. The number of aryl methyl sites for hydroxylation is 1. The average Bonchev–Trinajstić information content (AvgIpc) is 3.08. The molecule has 3 aromatic rings. The van der Waals surface area contributed by atoms with Crippen LogP contribution in [0, 0.1) is 0 Å². The van der Waals surface area contributed by atoms with Gasteiger partial charge in [0.25, 0.3) is 0 Å². The van der Waals surface area contributed by atoms with Gasteiger partial charge in [0.1, 0.15) is 11.0 Å². The molecule has 0 unspecified atom stereocenters. The Hall–Kier alpha value is -1.30. The second-order valence-corrected chi connectivity index (χ2v) is 6.13. The van der Waals surface area contributed by atoms with Gasteiger partial charge in [-0.25, -0.2) is 0 Å². The number of benzene rings is 1. The van der Waals surface area contributed by atoms with Crippen LogP contribution in [0.5, 0.6) is 0 Å². The fourth-order valence-electron chi connectivity index (χ4n) is 2.23. The van der Waals surface area contributed by atoms with Gasteiger partial charge in [-0.15, -0.1) is 0 Å². The van der Waals surface area contributed by atoms with Crippen LogP contribution in [0.1, 0.15) is 18.9 Å². The molecule has 0 atom stereocenters. The first-order valence-electron chi connectivity index (χ1n) is 6.68. The van der Waals surface area contributed by atoms with E-state index in [0.29, 0.717) is 22.1 Å². The Kier molecular flexibility index (Phi) is 4.33. The van der Waals surface area contributed by atoms with E-state index in [0.717, 1.165) is 35.9 Å². The van der Waals surface area contributed by atoms with Crippen LogP contribution in [-0.4, -0.2) is 13.3 Å². The van der Waals surface area contributed by atoms with Gasteiger partial charge in [0.2, 0.25) is 0 Å². The van der Waals surface area contributed by atoms with Gasteiger partial charge >= 0.3 is 0 Å². The van der Waals surface area contributed by atoms with Crippen molar-refractivity contribution in [2.75, 3.05) is 5.32 Å². The third-order valence-electron chi connectivity index (χ3n) is 3.21. The van der Waals surface area contributed by atoms with Gasteiger partial charge in [0.05, 0.1) is 27.5 Å². The molecule has 3 rings (SSSR count). The third kappa shape index (κ3) is 3.00. The molecule has 0 saturated heterocycles. The number of nitrogens with one attached hydrogen (secondary N) is 1. The maximum Gasteiger partial charge on any atom is 0.130 e. The van der Waals surface area contributed by atoms with Gasteiger partial charge in [-0.1, -0.05) is 30.1 Å². The Bertz CT molecular complexity index is 766. The summed E-state index contributed by atoms with van der Waals surface area (Å²) < 4.78 is 10.7. The predicted octanol–water partition coefficient (Wildman–Crippen LogP) is 4.82. The molecule has 110 valence electrons. The van der Waals surface area contributed by atoms with Crippen LogP contribution in [0.3, 0.4) is 0 Å². The van der Waals surface area contributed by atoms with Crippen molar-refractivity contribution in [2.24, 2.45) is 0 Å². The molecule has 0 bridgehead atoms. The molecule has 0 amide bonds. The first-order chi connectivity index (χ1) is 10.2. The van der Waals surface area contributed by atoms with Crippen molar-refractivity contribution in [3.63, 3.8) is 0 Å². The summed E-state index contributed by atoms with van der Waals surface area (Å²) in [6, 6.07) is 3.81. The zero-order valence-corrected chi connectivity index (χ0v) is 13.8. The first kappa shape index (κ1) is 14.6. The lowest BCUT2D eigenvalue weighted by Gasteiger charge is -2.08. The van der Waals surface area contributed by atoms with E-state index < -0.39 is 0 Å². The van der Waals surface area contributed by atoms with E-state index >= 15 is 0 Å². The zero-order chi connectivity index (χ0) is 14.8. The van der Waals surface area contributed by atoms with E-state index in [-0.39, 0.29) is 0 Å². The highest BCUT2D eigenvalue weighted by molar-refractivity contribution is 7.00. The fourth-order valence-corrected chi connectivity index (χ4v) is 3.40. The van der Waals surface area contributed by atoms with Crippen molar-refractivity contribution in [3.05, 3.63) is 40.1 Å². The summed E-state index contributed by atoms with van der Waals surface area (Å²) in [4.78, 5) is 0. The molecular weight excluding hydrogens is 327 g/mol. The Morgan fingerprint density at radius 2 is 2.05 bits per heavy atom. The molecule has 2 aromatic heterocycles. The van der Waals surface area contributed by atoms with Crippen LogP contribution in [0.2, 0.25) is 10.0 Å².